The minimum atomic E-state index is -0.912. The van der Waals surface area contributed by atoms with Crippen LogP contribution in [0.25, 0.3) is 0 Å². The highest BCUT2D eigenvalue weighted by Gasteiger charge is 2.17. The summed E-state index contributed by atoms with van der Waals surface area (Å²) in [4.78, 5) is 17.1. The molecule has 2 rings (SSSR count). The molecule has 2 heterocycles. The summed E-state index contributed by atoms with van der Waals surface area (Å²) in [6.07, 6.45) is 1.20. The zero-order chi connectivity index (χ0) is 10.1. The molecule has 0 atom stereocenters. The maximum atomic E-state index is 10.7. The number of nitrogens with zero attached hydrogens (tertiary/aromatic N) is 2. The van der Waals surface area contributed by atoms with Crippen LogP contribution in [-0.2, 0) is 0 Å². The van der Waals surface area contributed by atoms with E-state index in [1.54, 1.807) is 19.1 Å². The Morgan fingerprint density at radius 1 is 1.50 bits per heavy atom. The van der Waals surface area contributed by atoms with E-state index in [-0.39, 0.29) is 5.56 Å². The molecule has 1 aromatic heterocycles. The summed E-state index contributed by atoms with van der Waals surface area (Å²) in [6, 6.07) is 3.40. The second-order valence-corrected chi connectivity index (χ2v) is 3.45. The molecule has 0 aliphatic carbocycles. The number of aryl methyl sites for hydroxylation is 1. The first kappa shape index (κ1) is 8.99. The average Bonchev–Trinajstić information content (AvgIpc) is 2.00. The number of carbonyl (C=O) groups is 1. The number of pyridine rings is 1. The van der Waals surface area contributed by atoms with Gasteiger partial charge in [-0.25, -0.2) is 9.78 Å². The van der Waals surface area contributed by atoms with E-state index in [2.05, 4.69) is 9.88 Å². The van der Waals surface area contributed by atoms with E-state index >= 15 is 0 Å². The van der Waals surface area contributed by atoms with Gasteiger partial charge in [-0.05, 0) is 25.5 Å². The predicted octanol–water partition coefficient (Wildman–Crippen LogP) is 1.30. The van der Waals surface area contributed by atoms with Crippen molar-refractivity contribution in [2.45, 2.75) is 13.3 Å². The van der Waals surface area contributed by atoms with Gasteiger partial charge in [-0.2, -0.15) is 0 Å². The topological polar surface area (TPSA) is 53.4 Å². The standard InChI is InChI=1S/C10H12N2O2/c1-7-8(10(13)14)3-4-9(11-7)12-5-2-6-12/h3-4H,2,5-6H2,1H3,(H,13,14). The third-order valence-electron chi connectivity index (χ3n) is 2.48. The van der Waals surface area contributed by atoms with Gasteiger partial charge in [0.1, 0.15) is 5.82 Å². The Hall–Kier alpha value is -1.58. The number of hydrogen-bond acceptors (Lipinski definition) is 3. The van der Waals surface area contributed by atoms with Gasteiger partial charge in [-0.1, -0.05) is 0 Å². The van der Waals surface area contributed by atoms with Crippen molar-refractivity contribution in [2.24, 2.45) is 0 Å². The first-order valence-electron chi connectivity index (χ1n) is 4.64. The van der Waals surface area contributed by atoms with Crippen molar-refractivity contribution in [1.29, 1.82) is 0 Å². The minimum absolute atomic E-state index is 0.286. The van der Waals surface area contributed by atoms with E-state index in [1.807, 2.05) is 0 Å². The summed E-state index contributed by atoms with van der Waals surface area (Å²) in [5.41, 5.74) is 0.871. The van der Waals surface area contributed by atoms with Crippen LogP contribution in [0.5, 0.6) is 0 Å². The van der Waals surface area contributed by atoms with E-state index in [0.717, 1.165) is 18.9 Å². The molecule has 0 unspecified atom stereocenters. The highest BCUT2D eigenvalue weighted by atomic mass is 16.4. The molecule has 0 aromatic carbocycles. The second kappa shape index (κ2) is 3.29. The third-order valence-corrected chi connectivity index (χ3v) is 2.48. The molecule has 0 amide bonds. The lowest BCUT2D eigenvalue weighted by Gasteiger charge is -2.32. The molecule has 74 valence electrons. The summed E-state index contributed by atoms with van der Waals surface area (Å²) in [5, 5.41) is 8.81. The maximum absolute atomic E-state index is 10.7. The molecule has 0 spiro atoms. The summed E-state index contributed by atoms with van der Waals surface area (Å²) in [6.45, 7) is 3.78. The van der Waals surface area contributed by atoms with Crippen molar-refractivity contribution < 1.29 is 9.90 Å². The summed E-state index contributed by atoms with van der Waals surface area (Å²) >= 11 is 0. The fourth-order valence-corrected chi connectivity index (χ4v) is 1.50. The van der Waals surface area contributed by atoms with Crippen molar-refractivity contribution in [1.82, 2.24) is 4.98 Å². The Morgan fingerprint density at radius 2 is 2.21 bits per heavy atom. The molecule has 4 nitrogen and oxygen atoms in total. The van der Waals surface area contributed by atoms with Crippen LogP contribution in [0.1, 0.15) is 22.5 Å². The smallest absolute Gasteiger partial charge is 0.337 e. The lowest BCUT2D eigenvalue weighted by molar-refractivity contribution is 0.0695. The van der Waals surface area contributed by atoms with Crippen LogP contribution in [0.15, 0.2) is 12.1 Å². The third kappa shape index (κ3) is 1.43. The largest absolute Gasteiger partial charge is 0.478 e. The summed E-state index contributed by atoms with van der Waals surface area (Å²) < 4.78 is 0. The van der Waals surface area contributed by atoms with Gasteiger partial charge >= 0.3 is 5.97 Å². The van der Waals surface area contributed by atoms with Gasteiger partial charge in [0.15, 0.2) is 0 Å². The molecule has 1 aliphatic rings. The monoisotopic (exact) mass is 192 g/mol. The SMILES string of the molecule is Cc1nc(N2CCC2)ccc1C(=O)O. The molecule has 14 heavy (non-hydrogen) atoms. The van der Waals surface area contributed by atoms with Gasteiger partial charge in [0.25, 0.3) is 0 Å². The van der Waals surface area contributed by atoms with Gasteiger partial charge in [0.05, 0.1) is 11.3 Å². The minimum Gasteiger partial charge on any atom is -0.478 e. The summed E-state index contributed by atoms with van der Waals surface area (Å²) in [7, 11) is 0. The first-order chi connectivity index (χ1) is 6.68. The fourth-order valence-electron chi connectivity index (χ4n) is 1.50. The van der Waals surface area contributed by atoms with Crippen LogP contribution in [0.4, 0.5) is 5.82 Å². The first-order valence-corrected chi connectivity index (χ1v) is 4.64. The Bertz CT molecular complexity index is 372. The molecular formula is C10H12N2O2. The van der Waals surface area contributed by atoms with Gasteiger partial charge in [0, 0.05) is 13.1 Å². The zero-order valence-corrected chi connectivity index (χ0v) is 8.03. The lowest BCUT2D eigenvalue weighted by atomic mass is 10.2. The van der Waals surface area contributed by atoms with Gasteiger partial charge in [0.2, 0.25) is 0 Å². The van der Waals surface area contributed by atoms with Crippen LogP contribution in [0, 0.1) is 6.92 Å². The van der Waals surface area contributed by atoms with Crippen molar-refractivity contribution >= 4 is 11.8 Å². The van der Waals surface area contributed by atoms with E-state index in [9.17, 15) is 4.79 Å². The van der Waals surface area contributed by atoms with Crippen LogP contribution in [0.2, 0.25) is 0 Å². The number of hydrogen-bond donors (Lipinski definition) is 1. The highest BCUT2D eigenvalue weighted by molar-refractivity contribution is 5.89. The molecule has 4 heteroatoms. The van der Waals surface area contributed by atoms with E-state index in [1.165, 1.54) is 6.42 Å². The molecule has 1 aromatic rings. The van der Waals surface area contributed by atoms with Crippen LogP contribution < -0.4 is 4.90 Å². The number of anilines is 1. The van der Waals surface area contributed by atoms with Crippen molar-refractivity contribution in [3.8, 4) is 0 Å². The zero-order valence-electron chi connectivity index (χ0n) is 8.03. The van der Waals surface area contributed by atoms with Crippen LogP contribution in [0.3, 0.4) is 0 Å². The number of aromatic carboxylic acids is 1. The molecule has 0 saturated carbocycles. The molecule has 1 aliphatic heterocycles. The number of rotatable bonds is 2. The normalized spacial score (nSPS) is 15.1. The Morgan fingerprint density at radius 3 is 2.64 bits per heavy atom. The number of carboxylic acids is 1. The highest BCUT2D eigenvalue weighted by Crippen LogP contribution is 2.19. The van der Waals surface area contributed by atoms with E-state index < -0.39 is 5.97 Å². The lowest BCUT2D eigenvalue weighted by Crippen LogP contribution is -2.37. The van der Waals surface area contributed by atoms with Gasteiger partial charge in [-0.3, -0.25) is 0 Å². The quantitative estimate of drug-likeness (QED) is 0.767. The molecule has 0 radical (unpaired) electrons. The molecule has 0 bridgehead atoms. The van der Waals surface area contributed by atoms with Crippen molar-refractivity contribution in [2.75, 3.05) is 18.0 Å². The van der Waals surface area contributed by atoms with Crippen LogP contribution in [-0.4, -0.2) is 29.1 Å². The van der Waals surface area contributed by atoms with E-state index in [4.69, 9.17) is 5.11 Å². The van der Waals surface area contributed by atoms with Gasteiger partial charge in [-0.15, -0.1) is 0 Å². The molecule has 1 fully saturated rings. The van der Waals surface area contributed by atoms with Crippen molar-refractivity contribution in [3.05, 3.63) is 23.4 Å². The van der Waals surface area contributed by atoms with Crippen LogP contribution >= 0.6 is 0 Å². The Labute approximate surface area is 82.2 Å². The molecule has 1 saturated heterocycles. The predicted molar refractivity (Wildman–Crippen MR) is 52.8 cm³/mol. The van der Waals surface area contributed by atoms with Crippen molar-refractivity contribution in [3.63, 3.8) is 0 Å². The van der Waals surface area contributed by atoms with Gasteiger partial charge < -0.3 is 10.0 Å². The molecule has 1 N–H and O–H groups in total. The Balaban J connectivity index is 2.30. The number of carboxylic acid groups (broad SMARTS) is 1. The average molecular weight is 192 g/mol. The van der Waals surface area contributed by atoms with E-state index in [0.29, 0.717) is 5.69 Å². The Kier molecular flexibility index (Phi) is 2.11. The maximum Gasteiger partial charge on any atom is 0.337 e. The summed E-state index contributed by atoms with van der Waals surface area (Å²) in [5.74, 6) is -0.0242. The second-order valence-electron chi connectivity index (χ2n) is 3.45. The number of aromatic nitrogens is 1. The molecular weight excluding hydrogens is 180 g/mol. The fraction of sp³-hybridized carbons (Fsp3) is 0.400.